The summed E-state index contributed by atoms with van der Waals surface area (Å²) < 4.78 is 33.6. The average Bonchev–Trinajstić information content (AvgIpc) is 3.24. The van der Waals surface area contributed by atoms with Crippen LogP contribution in [0.5, 0.6) is 0 Å². The summed E-state index contributed by atoms with van der Waals surface area (Å²) in [6, 6.07) is 15.6. The van der Waals surface area contributed by atoms with Crippen LogP contribution in [-0.4, -0.2) is 43.7 Å². The van der Waals surface area contributed by atoms with Crippen molar-refractivity contribution in [3.8, 4) is 0 Å². The molecule has 34 heavy (non-hydrogen) atoms. The first-order chi connectivity index (χ1) is 16.2. The summed E-state index contributed by atoms with van der Waals surface area (Å²) in [6.07, 6.45) is 0. The number of benzene rings is 2. The first kappa shape index (κ1) is 23.7. The Hall–Kier alpha value is -3.43. The molecule has 1 aliphatic heterocycles. The molecule has 0 bridgehead atoms. The summed E-state index contributed by atoms with van der Waals surface area (Å²) in [6.45, 7) is 3.37. The molecule has 10 heteroatoms. The molecule has 0 radical (unpaired) electrons. The maximum Gasteiger partial charge on any atom is 0.328 e. The van der Waals surface area contributed by atoms with Gasteiger partial charge in [0.25, 0.3) is 10.0 Å². The summed E-state index contributed by atoms with van der Waals surface area (Å²) in [5, 5.41) is 0.644. The standard InChI is InChI=1S/C24H22ClN3O5S/c1-15-11-19(16(2)28(15)13-17-7-3-5-9-20(17)25)21(29)14-33-23(30)12-26-24-18-8-4-6-10-22(18)34(31,32)27-24/h3-11H,12-14H2,1-2H3,(H,26,27). The number of nitrogens with zero attached hydrogens (tertiary/aromatic N) is 2. The lowest BCUT2D eigenvalue weighted by Crippen LogP contribution is -2.24. The molecule has 0 atom stereocenters. The van der Waals surface area contributed by atoms with Gasteiger partial charge in [-0.25, -0.2) is 8.42 Å². The zero-order valence-electron chi connectivity index (χ0n) is 18.5. The van der Waals surface area contributed by atoms with Crippen molar-refractivity contribution >= 4 is 39.2 Å². The van der Waals surface area contributed by atoms with E-state index < -0.39 is 29.1 Å². The summed E-state index contributed by atoms with van der Waals surface area (Å²) in [4.78, 5) is 29.0. The maximum absolute atomic E-state index is 12.7. The zero-order chi connectivity index (χ0) is 24.5. The Bertz CT molecular complexity index is 1430. The third-order valence-corrected chi connectivity index (χ3v) is 7.32. The van der Waals surface area contributed by atoms with Crippen molar-refractivity contribution in [3.05, 3.63) is 87.7 Å². The highest BCUT2D eigenvalue weighted by Gasteiger charge is 2.30. The zero-order valence-corrected chi connectivity index (χ0v) is 20.1. The van der Waals surface area contributed by atoms with Gasteiger partial charge in [0.2, 0.25) is 5.78 Å². The van der Waals surface area contributed by atoms with Gasteiger partial charge in [0.05, 0.1) is 4.90 Å². The molecule has 3 aromatic rings. The number of ether oxygens (including phenoxy) is 1. The second kappa shape index (κ2) is 9.44. The van der Waals surface area contributed by atoms with Crippen LogP contribution in [0.3, 0.4) is 0 Å². The normalized spacial score (nSPS) is 15.1. The Kier molecular flexibility index (Phi) is 6.58. The largest absolute Gasteiger partial charge is 0.456 e. The number of aromatic nitrogens is 1. The second-order valence-electron chi connectivity index (χ2n) is 7.81. The molecule has 8 nitrogen and oxygen atoms in total. The predicted octanol–water partition coefficient (Wildman–Crippen LogP) is 3.27. The van der Waals surface area contributed by atoms with E-state index in [1.165, 1.54) is 6.07 Å². The van der Waals surface area contributed by atoms with Crippen LogP contribution in [0.1, 0.15) is 32.9 Å². The van der Waals surface area contributed by atoms with Crippen molar-refractivity contribution in [3.63, 3.8) is 0 Å². The number of halogens is 1. The summed E-state index contributed by atoms with van der Waals surface area (Å²) >= 11 is 6.27. The highest BCUT2D eigenvalue weighted by molar-refractivity contribution is 7.90. The Morgan fingerprint density at radius 3 is 2.56 bits per heavy atom. The van der Waals surface area contributed by atoms with Gasteiger partial charge in [0.15, 0.2) is 6.61 Å². The van der Waals surface area contributed by atoms with Gasteiger partial charge >= 0.3 is 5.97 Å². The SMILES string of the molecule is Cc1cc(C(=O)COC(=O)CN=C2NS(=O)(=O)c3ccccc32)c(C)n1Cc1ccccc1Cl. The number of sulfonamides is 1. The fourth-order valence-corrected chi connectivity index (χ4v) is 5.23. The van der Waals surface area contributed by atoms with Crippen molar-refractivity contribution in [1.82, 2.24) is 9.29 Å². The predicted molar refractivity (Wildman–Crippen MR) is 128 cm³/mol. The van der Waals surface area contributed by atoms with Gasteiger partial charge < -0.3 is 9.30 Å². The number of ketones is 1. The van der Waals surface area contributed by atoms with Crippen LogP contribution >= 0.6 is 11.6 Å². The molecule has 0 saturated heterocycles. The Labute approximate surface area is 202 Å². The molecule has 0 spiro atoms. The summed E-state index contributed by atoms with van der Waals surface area (Å²) in [5.74, 6) is -1.01. The average molecular weight is 500 g/mol. The number of Topliss-reactive ketones (excluding diaryl/α,β-unsaturated/α-hetero) is 1. The van der Waals surface area contributed by atoms with Crippen molar-refractivity contribution in [2.45, 2.75) is 25.3 Å². The second-order valence-corrected chi connectivity index (χ2v) is 9.87. The van der Waals surface area contributed by atoms with E-state index in [4.69, 9.17) is 16.3 Å². The smallest absolute Gasteiger partial charge is 0.328 e. The Morgan fingerprint density at radius 2 is 1.79 bits per heavy atom. The van der Waals surface area contributed by atoms with Crippen LogP contribution in [0.4, 0.5) is 0 Å². The molecule has 1 aromatic heterocycles. The molecule has 0 aliphatic carbocycles. The molecule has 0 fully saturated rings. The highest BCUT2D eigenvalue weighted by Crippen LogP contribution is 2.23. The quantitative estimate of drug-likeness (QED) is 0.396. The summed E-state index contributed by atoms with van der Waals surface area (Å²) in [7, 11) is -3.69. The minimum absolute atomic E-state index is 0.0713. The molecular formula is C24H22ClN3O5S. The Morgan fingerprint density at radius 1 is 1.09 bits per heavy atom. The number of rotatable bonds is 7. The molecule has 1 aliphatic rings. The van der Waals surface area contributed by atoms with Gasteiger partial charge in [-0.15, -0.1) is 0 Å². The van der Waals surface area contributed by atoms with E-state index >= 15 is 0 Å². The molecule has 1 N–H and O–H groups in total. The lowest BCUT2D eigenvalue weighted by atomic mass is 10.1. The lowest BCUT2D eigenvalue weighted by molar-refractivity contribution is -0.140. The number of aryl methyl sites for hydroxylation is 1. The number of amidine groups is 1. The minimum Gasteiger partial charge on any atom is -0.456 e. The van der Waals surface area contributed by atoms with E-state index in [0.29, 0.717) is 22.7 Å². The van der Waals surface area contributed by atoms with Crippen molar-refractivity contribution in [2.75, 3.05) is 13.2 Å². The number of fused-ring (bicyclic) bond motifs is 1. The van der Waals surface area contributed by atoms with Gasteiger partial charge in [-0.2, -0.15) is 0 Å². The van der Waals surface area contributed by atoms with Gasteiger partial charge in [-0.1, -0.05) is 41.9 Å². The van der Waals surface area contributed by atoms with Crippen molar-refractivity contribution in [2.24, 2.45) is 4.99 Å². The number of hydrogen-bond donors (Lipinski definition) is 1. The van der Waals surface area contributed by atoms with E-state index in [1.807, 2.05) is 42.7 Å². The number of aliphatic imine (C=N–C) groups is 1. The van der Waals surface area contributed by atoms with E-state index in [2.05, 4.69) is 9.71 Å². The van der Waals surface area contributed by atoms with E-state index in [1.54, 1.807) is 24.3 Å². The van der Waals surface area contributed by atoms with E-state index in [9.17, 15) is 18.0 Å². The van der Waals surface area contributed by atoms with Crippen LogP contribution in [0.25, 0.3) is 0 Å². The van der Waals surface area contributed by atoms with Crippen molar-refractivity contribution in [1.29, 1.82) is 0 Å². The van der Waals surface area contributed by atoms with Crippen LogP contribution in [-0.2, 0) is 26.1 Å². The van der Waals surface area contributed by atoms with Gasteiger partial charge in [-0.3, -0.25) is 19.3 Å². The molecule has 2 aromatic carbocycles. The molecule has 2 heterocycles. The Balaban J connectivity index is 1.39. The molecular weight excluding hydrogens is 478 g/mol. The summed E-state index contributed by atoms with van der Waals surface area (Å²) in [5.41, 5.74) is 3.40. The van der Waals surface area contributed by atoms with Crippen LogP contribution in [0, 0.1) is 13.8 Å². The number of nitrogens with one attached hydrogen (secondary N) is 1. The van der Waals surface area contributed by atoms with Crippen molar-refractivity contribution < 1.29 is 22.7 Å². The first-order valence-corrected chi connectivity index (χ1v) is 12.3. The van der Waals surface area contributed by atoms with E-state index in [0.717, 1.165) is 17.0 Å². The number of carbonyl (C=O) groups excluding carboxylic acids is 2. The van der Waals surface area contributed by atoms with E-state index in [-0.39, 0.29) is 16.5 Å². The van der Waals surface area contributed by atoms with Gasteiger partial charge in [0, 0.05) is 34.1 Å². The maximum atomic E-state index is 12.7. The fraction of sp³-hybridized carbons (Fsp3) is 0.208. The molecule has 0 unspecified atom stereocenters. The van der Waals surface area contributed by atoms with Crippen LogP contribution < -0.4 is 4.72 Å². The van der Waals surface area contributed by atoms with Crippen LogP contribution in [0.15, 0.2) is 64.5 Å². The number of carbonyl (C=O) groups is 2. The molecule has 0 saturated carbocycles. The third kappa shape index (κ3) is 4.76. The monoisotopic (exact) mass is 499 g/mol. The minimum atomic E-state index is -3.69. The van der Waals surface area contributed by atoms with Gasteiger partial charge in [-0.05, 0) is 43.7 Å². The highest BCUT2D eigenvalue weighted by atomic mass is 35.5. The molecule has 176 valence electrons. The molecule has 0 amide bonds. The lowest BCUT2D eigenvalue weighted by Gasteiger charge is -2.11. The third-order valence-electron chi connectivity index (χ3n) is 5.55. The van der Waals surface area contributed by atoms with Gasteiger partial charge in [0.1, 0.15) is 12.4 Å². The first-order valence-electron chi connectivity index (χ1n) is 10.4. The fourth-order valence-electron chi connectivity index (χ4n) is 3.79. The number of hydrogen-bond acceptors (Lipinski definition) is 6. The molecule has 4 rings (SSSR count). The topological polar surface area (TPSA) is 107 Å². The van der Waals surface area contributed by atoms with Crippen LogP contribution in [0.2, 0.25) is 5.02 Å². The number of esters is 1.